The Bertz CT molecular complexity index is 393. The molecular formula is C11H20N4O3. The van der Waals surface area contributed by atoms with Crippen LogP contribution in [0.2, 0.25) is 0 Å². The number of ether oxygens (including phenoxy) is 1. The van der Waals surface area contributed by atoms with E-state index in [0.29, 0.717) is 38.0 Å². The summed E-state index contributed by atoms with van der Waals surface area (Å²) in [6, 6.07) is 0.466. The molecule has 1 aromatic rings. The number of nitrogens with two attached hydrogens (primary N) is 1. The molecule has 3 N–H and O–H groups in total. The van der Waals surface area contributed by atoms with Crippen molar-refractivity contribution in [3.8, 4) is 0 Å². The summed E-state index contributed by atoms with van der Waals surface area (Å²) in [7, 11) is 0. The van der Waals surface area contributed by atoms with Crippen molar-refractivity contribution in [3.05, 3.63) is 5.89 Å². The van der Waals surface area contributed by atoms with Crippen LogP contribution >= 0.6 is 0 Å². The molecule has 0 amide bonds. The predicted octanol–water partition coefficient (Wildman–Crippen LogP) is -0.453. The van der Waals surface area contributed by atoms with Gasteiger partial charge < -0.3 is 24.9 Å². The summed E-state index contributed by atoms with van der Waals surface area (Å²) >= 11 is 0. The zero-order valence-electron chi connectivity index (χ0n) is 10.8. The number of aromatic nitrogens is 2. The van der Waals surface area contributed by atoms with E-state index in [1.54, 1.807) is 0 Å². The Morgan fingerprint density at radius 2 is 2.28 bits per heavy atom. The maximum absolute atomic E-state index is 9.24. The van der Waals surface area contributed by atoms with Crippen LogP contribution in [0.15, 0.2) is 4.42 Å². The van der Waals surface area contributed by atoms with Crippen LogP contribution in [0.3, 0.4) is 0 Å². The summed E-state index contributed by atoms with van der Waals surface area (Å²) in [5.41, 5.74) is 5.09. The maximum Gasteiger partial charge on any atom is 0.318 e. The van der Waals surface area contributed by atoms with Crippen LogP contribution in [0, 0.1) is 0 Å². The Labute approximate surface area is 106 Å². The van der Waals surface area contributed by atoms with Gasteiger partial charge in [-0.15, -0.1) is 5.10 Å². The molecule has 0 aliphatic carbocycles. The zero-order valence-corrected chi connectivity index (χ0v) is 10.8. The van der Waals surface area contributed by atoms with Gasteiger partial charge in [0.1, 0.15) is 0 Å². The monoisotopic (exact) mass is 256 g/mol. The topological polar surface area (TPSA) is 97.6 Å². The molecule has 7 nitrogen and oxygen atoms in total. The first kappa shape index (κ1) is 13.3. The lowest BCUT2D eigenvalue weighted by Gasteiger charge is -2.41. The SMILES string of the molecule is CC1(C)CN(c2nnc(CCN)o2)CC(CO)O1. The van der Waals surface area contributed by atoms with Crippen molar-refractivity contribution >= 4 is 6.01 Å². The molecule has 0 saturated carbocycles. The van der Waals surface area contributed by atoms with Crippen LogP contribution in [0.5, 0.6) is 0 Å². The number of aliphatic hydroxyl groups excluding tert-OH is 1. The molecule has 2 rings (SSSR count). The van der Waals surface area contributed by atoms with Gasteiger partial charge in [-0.1, -0.05) is 5.10 Å². The van der Waals surface area contributed by atoms with Crippen LogP contribution in [0.1, 0.15) is 19.7 Å². The zero-order chi connectivity index (χ0) is 13.2. The van der Waals surface area contributed by atoms with E-state index in [9.17, 15) is 5.11 Å². The van der Waals surface area contributed by atoms with E-state index in [4.69, 9.17) is 14.9 Å². The fraction of sp³-hybridized carbons (Fsp3) is 0.818. The van der Waals surface area contributed by atoms with Gasteiger partial charge >= 0.3 is 6.01 Å². The van der Waals surface area contributed by atoms with Gasteiger partial charge in [-0.25, -0.2) is 0 Å². The van der Waals surface area contributed by atoms with Crippen LogP contribution in [-0.4, -0.2) is 53.3 Å². The molecule has 0 radical (unpaired) electrons. The Balaban J connectivity index is 2.10. The number of aliphatic hydroxyl groups is 1. The van der Waals surface area contributed by atoms with Gasteiger partial charge in [0.2, 0.25) is 5.89 Å². The second kappa shape index (κ2) is 5.21. The van der Waals surface area contributed by atoms with Crippen LogP contribution in [0.25, 0.3) is 0 Å². The number of hydrogen-bond donors (Lipinski definition) is 2. The first-order chi connectivity index (χ1) is 8.54. The van der Waals surface area contributed by atoms with Gasteiger partial charge in [0.05, 0.1) is 31.4 Å². The second-order valence-electron chi connectivity index (χ2n) is 5.08. The highest BCUT2D eigenvalue weighted by Crippen LogP contribution is 2.25. The third-order valence-electron chi connectivity index (χ3n) is 2.77. The average molecular weight is 256 g/mol. The number of nitrogens with zero attached hydrogens (tertiary/aromatic N) is 3. The maximum atomic E-state index is 9.24. The fourth-order valence-electron chi connectivity index (χ4n) is 2.13. The summed E-state index contributed by atoms with van der Waals surface area (Å²) in [4.78, 5) is 1.94. The molecule has 1 atom stereocenters. The van der Waals surface area contributed by atoms with Crippen molar-refractivity contribution in [2.24, 2.45) is 5.73 Å². The van der Waals surface area contributed by atoms with E-state index < -0.39 is 0 Å². The van der Waals surface area contributed by atoms with Gasteiger partial charge in [-0.2, -0.15) is 0 Å². The van der Waals surface area contributed by atoms with Crippen molar-refractivity contribution < 1.29 is 14.3 Å². The molecule has 1 saturated heterocycles. The van der Waals surface area contributed by atoms with E-state index >= 15 is 0 Å². The smallest absolute Gasteiger partial charge is 0.318 e. The van der Waals surface area contributed by atoms with Crippen molar-refractivity contribution in [2.45, 2.75) is 32.0 Å². The first-order valence-corrected chi connectivity index (χ1v) is 6.10. The largest absolute Gasteiger partial charge is 0.408 e. The Kier molecular flexibility index (Phi) is 3.84. The minimum Gasteiger partial charge on any atom is -0.408 e. The lowest BCUT2D eigenvalue weighted by atomic mass is 10.1. The molecule has 7 heteroatoms. The lowest BCUT2D eigenvalue weighted by Crippen LogP contribution is -2.54. The van der Waals surface area contributed by atoms with Gasteiger partial charge in [0.15, 0.2) is 0 Å². The highest BCUT2D eigenvalue weighted by molar-refractivity contribution is 5.27. The molecule has 18 heavy (non-hydrogen) atoms. The molecule has 1 aliphatic heterocycles. The minimum absolute atomic E-state index is 0.0241. The van der Waals surface area contributed by atoms with Crippen LogP contribution in [0.4, 0.5) is 6.01 Å². The molecular weight excluding hydrogens is 236 g/mol. The standard InChI is InChI=1S/C11H20N4O3/c1-11(2)7-15(5-8(6-16)18-11)10-14-13-9(17-10)3-4-12/h8,16H,3-7,12H2,1-2H3. The summed E-state index contributed by atoms with van der Waals surface area (Å²) < 4.78 is 11.3. The van der Waals surface area contributed by atoms with Crippen LogP contribution in [-0.2, 0) is 11.2 Å². The predicted molar refractivity (Wildman–Crippen MR) is 65.3 cm³/mol. The third-order valence-corrected chi connectivity index (χ3v) is 2.77. The summed E-state index contributed by atoms with van der Waals surface area (Å²) in [5, 5.41) is 17.2. The molecule has 102 valence electrons. The van der Waals surface area contributed by atoms with Crippen molar-refractivity contribution in [1.82, 2.24) is 10.2 Å². The molecule has 0 bridgehead atoms. The lowest BCUT2D eigenvalue weighted by molar-refractivity contribution is -0.102. The molecule has 1 fully saturated rings. The quantitative estimate of drug-likeness (QED) is 0.752. The van der Waals surface area contributed by atoms with Crippen molar-refractivity contribution in [3.63, 3.8) is 0 Å². The Morgan fingerprint density at radius 3 is 2.94 bits per heavy atom. The van der Waals surface area contributed by atoms with Gasteiger partial charge in [0.25, 0.3) is 0 Å². The van der Waals surface area contributed by atoms with E-state index in [1.165, 1.54) is 0 Å². The van der Waals surface area contributed by atoms with Crippen LogP contribution < -0.4 is 10.6 Å². The van der Waals surface area contributed by atoms with E-state index in [0.717, 1.165) is 0 Å². The molecule has 1 aliphatic rings. The second-order valence-corrected chi connectivity index (χ2v) is 5.08. The number of anilines is 1. The van der Waals surface area contributed by atoms with Gasteiger partial charge in [-0.05, 0) is 13.8 Å². The fourth-order valence-corrected chi connectivity index (χ4v) is 2.13. The Morgan fingerprint density at radius 1 is 1.50 bits per heavy atom. The molecule has 2 heterocycles. The molecule has 0 spiro atoms. The molecule has 0 aromatic carbocycles. The van der Waals surface area contributed by atoms with E-state index in [-0.39, 0.29) is 18.3 Å². The van der Waals surface area contributed by atoms with Crippen molar-refractivity contribution in [2.75, 3.05) is 31.1 Å². The number of hydrogen-bond acceptors (Lipinski definition) is 7. The number of rotatable bonds is 4. The van der Waals surface area contributed by atoms with E-state index in [1.807, 2.05) is 18.7 Å². The minimum atomic E-state index is -0.353. The van der Waals surface area contributed by atoms with E-state index in [2.05, 4.69) is 10.2 Å². The average Bonchev–Trinajstić information content (AvgIpc) is 2.76. The highest BCUT2D eigenvalue weighted by Gasteiger charge is 2.35. The summed E-state index contributed by atoms with van der Waals surface area (Å²) in [5.74, 6) is 0.539. The van der Waals surface area contributed by atoms with Gasteiger partial charge in [0, 0.05) is 13.0 Å². The highest BCUT2D eigenvalue weighted by atomic mass is 16.5. The number of morpholine rings is 1. The summed E-state index contributed by atoms with van der Waals surface area (Å²) in [6.45, 7) is 5.59. The molecule has 1 unspecified atom stereocenters. The summed E-state index contributed by atoms with van der Waals surface area (Å²) in [6.07, 6.45) is 0.336. The third kappa shape index (κ3) is 2.98. The Hall–Kier alpha value is -1.18. The molecule has 1 aromatic heterocycles. The normalized spacial score (nSPS) is 23.3. The van der Waals surface area contributed by atoms with Crippen molar-refractivity contribution in [1.29, 1.82) is 0 Å². The van der Waals surface area contributed by atoms with Gasteiger partial charge in [-0.3, -0.25) is 0 Å². The first-order valence-electron chi connectivity index (χ1n) is 6.10.